The van der Waals surface area contributed by atoms with Crippen molar-refractivity contribution in [3.05, 3.63) is 71.0 Å². The lowest BCUT2D eigenvalue weighted by atomic mass is 10.1. The molecule has 0 saturated carbocycles. The summed E-state index contributed by atoms with van der Waals surface area (Å²) in [5.74, 6) is 2.11. The van der Waals surface area contributed by atoms with Crippen molar-refractivity contribution >= 4 is 0 Å². The van der Waals surface area contributed by atoms with Crippen molar-refractivity contribution in [2.24, 2.45) is 0 Å². The monoisotopic (exact) mass is 345 g/mol. The summed E-state index contributed by atoms with van der Waals surface area (Å²) in [6, 6.07) is 16.3. The quantitative estimate of drug-likeness (QED) is 0.560. The van der Waals surface area contributed by atoms with Crippen molar-refractivity contribution in [2.75, 3.05) is 0 Å². The number of hydrogen-bond donors (Lipinski definition) is 0. The molecule has 0 spiro atoms. The molecular weight excluding hydrogens is 326 g/mol. The molecule has 0 amide bonds. The van der Waals surface area contributed by atoms with Gasteiger partial charge < -0.3 is 4.52 Å². The lowest BCUT2D eigenvalue weighted by molar-refractivity contribution is 0.429. The predicted octanol–water partition coefficient (Wildman–Crippen LogP) is 3.97. The Balaban J connectivity index is 1.60. The standard InChI is InChI=1S/C20H19N5O/c1-13-7-9-17(10-8-13)18-22-20(26-24-18)19-21-15(3)25(23-19)12-16-6-4-5-14(2)11-16/h4-11H,12H2,1-3H3. The first-order valence-electron chi connectivity index (χ1n) is 8.46. The average molecular weight is 345 g/mol. The fourth-order valence-electron chi connectivity index (χ4n) is 2.78. The summed E-state index contributed by atoms with van der Waals surface area (Å²) < 4.78 is 7.22. The van der Waals surface area contributed by atoms with Crippen molar-refractivity contribution in [3.8, 4) is 23.1 Å². The minimum absolute atomic E-state index is 0.326. The summed E-state index contributed by atoms with van der Waals surface area (Å²) in [5.41, 5.74) is 4.49. The first kappa shape index (κ1) is 16.2. The average Bonchev–Trinajstić information content (AvgIpc) is 3.23. The van der Waals surface area contributed by atoms with Gasteiger partial charge in [0, 0.05) is 5.56 Å². The van der Waals surface area contributed by atoms with Crippen molar-refractivity contribution in [2.45, 2.75) is 27.3 Å². The Kier molecular flexibility index (Phi) is 4.08. The second-order valence-electron chi connectivity index (χ2n) is 6.42. The van der Waals surface area contributed by atoms with Gasteiger partial charge in [0.1, 0.15) is 5.82 Å². The van der Waals surface area contributed by atoms with Gasteiger partial charge in [0.25, 0.3) is 5.89 Å². The highest BCUT2D eigenvalue weighted by Gasteiger charge is 2.16. The van der Waals surface area contributed by atoms with Crippen LogP contribution in [0.3, 0.4) is 0 Å². The molecule has 6 heteroatoms. The molecule has 0 atom stereocenters. The van der Waals surface area contributed by atoms with Gasteiger partial charge in [-0.15, -0.1) is 5.10 Å². The molecule has 26 heavy (non-hydrogen) atoms. The highest BCUT2D eigenvalue weighted by Crippen LogP contribution is 2.21. The van der Waals surface area contributed by atoms with Crippen LogP contribution >= 0.6 is 0 Å². The van der Waals surface area contributed by atoms with Gasteiger partial charge in [-0.05, 0) is 26.3 Å². The molecule has 0 radical (unpaired) electrons. The second-order valence-corrected chi connectivity index (χ2v) is 6.42. The smallest absolute Gasteiger partial charge is 0.297 e. The van der Waals surface area contributed by atoms with Crippen LogP contribution in [0.4, 0.5) is 0 Å². The van der Waals surface area contributed by atoms with Crippen LogP contribution in [0.1, 0.15) is 22.5 Å². The van der Waals surface area contributed by atoms with Crippen LogP contribution in [0.5, 0.6) is 0 Å². The summed E-state index contributed by atoms with van der Waals surface area (Å²) in [5, 5.41) is 8.59. The summed E-state index contributed by atoms with van der Waals surface area (Å²) in [4.78, 5) is 8.92. The Hall–Kier alpha value is -3.28. The topological polar surface area (TPSA) is 69.6 Å². The molecule has 6 nitrogen and oxygen atoms in total. The van der Waals surface area contributed by atoms with Crippen molar-refractivity contribution in [1.29, 1.82) is 0 Å². The Bertz CT molecular complexity index is 1050. The van der Waals surface area contributed by atoms with Gasteiger partial charge in [0.15, 0.2) is 0 Å². The Morgan fingerprint density at radius 2 is 1.69 bits per heavy atom. The maximum atomic E-state index is 5.37. The van der Waals surface area contributed by atoms with E-state index in [2.05, 4.69) is 45.3 Å². The summed E-state index contributed by atoms with van der Waals surface area (Å²) in [6.07, 6.45) is 0. The first-order chi connectivity index (χ1) is 12.6. The lowest BCUT2D eigenvalue weighted by Crippen LogP contribution is -2.04. The Morgan fingerprint density at radius 1 is 0.885 bits per heavy atom. The van der Waals surface area contributed by atoms with Crippen molar-refractivity contribution in [3.63, 3.8) is 0 Å². The third kappa shape index (κ3) is 3.26. The summed E-state index contributed by atoms with van der Waals surface area (Å²) >= 11 is 0. The van der Waals surface area contributed by atoms with Crippen LogP contribution < -0.4 is 0 Å². The van der Waals surface area contributed by atoms with E-state index < -0.39 is 0 Å². The number of nitrogens with zero attached hydrogens (tertiary/aromatic N) is 5. The van der Waals surface area contributed by atoms with E-state index in [9.17, 15) is 0 Å². The maximum Gasteiger partial charge on any atom is 0.297 e. The first-order valence-corrected chi connectivity index (χ1v) is 8.46. The number of benzene rings is 2. The molecule has 0 fully saturated rings. The fraction of sp³-hybridized carbons (Fsp3) is 0.200. The molecular formula is C20H19N5O. The molecule has 0 bridgehead atoms. The zero-order chi connectivity index (χ0) is 18.1. The van der Waals surface area contributed by atoms with Crippen LogP contribution in [0.25, 0.3) is 23.1 Å². The minimum Gasteiger partial charge on any atom is -0.330 e. The zero-order valence-electron chi connectivity index (χ0n) is 15.0. The van der Waals surface area contributed by atoms with Gasteiger partial charge in [0.2, 0.25) is 11.6 Å². The van der Waals surface area contributed by atoms with E-state index in [0.717, 1.165) is 11.4 Å². The number of aryl methyl sites for hydroxylation is 3. The molecule has 0 N–H and O–H groups in total. The van der Waals surface area contributed by atoms with Gasteiger partial charge >= 0.3 is 0 Å². The molecule has 2 aromatic heterocycles. The number of rotatable bonds is 4. The van der Waals surface area contributed by atoms with E-state index in [1.54, 1.807) is 0 Å². The molecule has 0 aliphatic heterocycles. The van der Waals surface area contributed by atoms with Crippen LogP contribution in [-0.2, 0) is 6.54 Å². The van der Waals surface area contributed by atoms with Gasteiger partial charge in [-0.25, -0.2) is 9.67 Å². The van der Waals surface area contributed by atoms with Crippen LogP contribution in [-0.4, -0.2) is 24.9 Å². The number of hydrogen-bond acceptors (Lipinski definition) is 5. The molecule has 0 saturated heterocycles. The van der Waals surface area contributed by atoms with Crippen LogP contribution in [0, 0.1) is 20.8 Å². The predicted molar refractivity (Wildman–Crippen MR) is 98.5 cm³/mol. The van der Waals surface area contributed by atoms with Crippen molar-refractivity contribution in [1.82, 2.24) is 24.9 Å². The summed E-state index contributed by atoms with van der Waals surface area (Å²) in [6.45, 7) is 6.69. The zero-order valence-corrected chi connectivity index (χ0v) is 15.0. The molecule has 0 aliphatic rings. The molecule has 0 unspecified atom stereocenters. The molecule has 0 aliphatic carbocycles. The fourth-order valence-corrected chi connectivity index (χ4v) is 2.78. The molecule has 4 rings (SSSR count). The normalized spacial score (nSPS) is 11.0. The molecule has 4 aromatic rings. The van der Waals surface area contributed by atoms with E-state index >= 15 is 0 Å². The van der Waals surface area contributed by atoms with Crippen LogP contribution in [0.15, 0.2) is 53.1 Å². The van der Waals surface area contributed by atoms with E-state index in [4.69, 9.17) is 4.52 Å². The van der Waals surface area contributed by atoms with Gasteiger partial charge in [-0.2, -0.15) is 4.98 Å². The van der Waals surface area contributed by atoms with E-state index in [1.807, 2.05) is 48.9 Å². The largest absolute Gasteiger partial charge is 0.330 e. The molecule has 2 heterocycles. The van der Waals surface area contributed by atoms with E-state index in [0.29, 0.717) is 24.1 Å². The van der Waals surface area contributed by atoms with Crippen LogP contribution in [0.2, 0.25) is 0 Å². The van der Waals surface area contributed by atoms with Gasteiger partial charge in [0.05, 0.1) is 6.54 Å². The Morgan fingerprint density at radius 3 is 2.46 bits per heavy atom. The second kappa shape index (κ2) is 6.55. The van der Waals surface area contributed by atoms with Gasteiger partial charge in [-0.3, -0.25) is 0 Å². The molecule has 130 valence electrons. The number of aromatic nitrogens is 5. The van der Waals surface area contributed by atoms with Gasteiger partial charge in [-0.1, -0.05) is 64.8 Å². The Labute approximate surface area is 151 Å². The molecule has 2 aromatic carbocycles. The highest BCUT2D eigenvalue weighted by atomic mass is 16.5. The van der Waals surface area contributed by atoms with E-state index in [1.165, 1.54) is 16.7 Å². The maximum absolute atomic E-state index is 5.37. The van der Waals surface area contributed by atoms with E-state index in [-0.39, 0.29) is 0 Å². The van der Waals surface area contributed by atoms with Crippen molar-refractivity contribution < 1.29 is 4.52 Å². The highest BCUT2D eigenvalue weighted by molar-refractivity contribution is 5.57. The third-order valence-corrected chi connectivity index (χ3v) is 4.20. The minimum atomic E-state index is 0.326. The summed E-state index contributed by atoms with van der Waals surface area (Å²) in [7, 11) is 0. The lowest BCUT2D eigenvalue weighted by Gasteiger charge is -2.03. The third-order valence-electron chi connectivity index (χ3n) is 4.20. The SMILES string of the molecule is Cc1ccc(-c2noc(-c3nc(C)n(Cc4cccc(C)c4)n3)n2)cc1.